The fraction of sp³-hybridized carbons (Fsp3) is 0.259. The summed E-state index contributed by atoms with van der Waals surface area (Å²) >= 11 is 6.58. The maximum absolute atomic E-state index is 15.3. The molecule has 1 saturated carbocycles. The van der Waals surface area contributed by atoms with Crippen LogP contribution in [0.4, 0.5) is 8.78 Å². The maximum atomic E-state index is 15.3. The molecule has 36 heavy (non-hydrogen) atoms. The van der Waals surface area contributed by atoms with Crippen LogP contribution in [0, 0.1) is 12.7 Å². The first-order chi connectivity index (χ1) is 17.5. The monoisotopic (exact) mass is 505 g/mol. The topological polar surface area (TPSA) is 65.7 Å². The van der Waals surface area contributed by atoms with Crippen molar-refractivity contribution in [1.29, 1.82) is 0 Å². The molecule has 9 heteroatoms. The van der Waals surface area contributed by atoms with Crippen LogP contribution in [0.25, 0.3) is 33.1 Å². The van der Waals surface area contributed by atoms with Gasteiger partial charge in [-0.3, -0.25) is 4.98 Å². The van der Waals surface area contributed by atoms with E-state index in [9.17, 15) is 0 Å². The summed E-state index contributed by atoms with van der Waals surface area (Å²) in [6.45, 7) is 1.88. The van der Waals surface area contributed by atoms with E-state index < -0.39 is 12.0 Å². The molecule has 1 aliphatic rings. The number of fused-ring (bicyclic) bond motifs is 3. The molecule has 0 aliphatic heterocycles. The van der Waals surface area contributed by atoms with E-state index >= 15 is 8.78 Å². The fourth-order valence-electron chi connectivity index (χ4n) is 5.10. The highest BCUT2D eigenvalue weighted by Crippen LogP contribution is 2.39. The van der Waals surface area contributed by atoms with Gasteiger partial charge in [-0.05, 0) is 44.0 Å². The Morgan fingerprint density at radius 2 is 1.81 bits per heavy atom. The van der Waals surface area contributed by atoms with E-state index in [1.165, 1.54) is 6.07 Å². The van der Waals surface area contributed by atoms with E-state index in [0.717, 1.165) is 30.6 Å². The summed E-state index contributed by atoms with van der Waals surface area (Å²) in [4.78, 5) is 17.2. The number of hydrogen-bond acceptors (Lipinski definition) is 5. The number of imidazole rings is 1. The van der Waals surface area contributed by atoms with E-state index in [-0.39, 0.29) is 12.1 Å². The lowest BCUT2D eigenvalue weighted by Crippen LogP contribution is -2.25. The molecule has 2 aromatic carbocycles. The molecular formula is C27H22ClF2N5O. The van der Waals surface area contributed by atoms with E-state index in [2.05, 4.69) is 19.9 Å². The third kappa shape index (κ3) is 3.95. The molecule has 0 radical (unpaired) electrons. The van der Waals surface area contributed by atoms with Crippen LogP contribution in [0.1, 0.15) is 37.5 Å². The van der Waals surface area contributed by atoms with Crippen molar-refractivity contribution in [3.63, 3.8) is 0 Å². The summed E-state index contributed by atoms with van der Waals surface area (Å²) in [7, 11) is 0. The second-order valence-electron chi connectivity index (χ2n) is 9.01. The summed E-state index contributed by atoms with van der Waals surface area (Å²) in [5, 5.41) is 1.01. The van der Waals surface area contributed by atoms with Crippen molar-refractivity contribution in [2.75, 3.05) is 0 Å². The highest BCUT2D eigenvalue weighted by atomic mass is 35.5. The lowest BCUT2D eigenvalue weighted by Gasteiger charge is -2.28. The summed E-state index contributed by atoms with van der Waals surface area (Å²) in [5.41, 5.74) is 2.72. The predicted molar refractivity (Wildman–Crippen MR) is 135 cm³/mol. The van der Waals surface area contributed by atoms with Crippen LogP contribution in [-0.2, 0) is 0 Å². The molecule has 0 unspecified atom stereocenters. The second-order valence-corrected chi connectivity index (χ2v) is 9.42. The van der Waals surface area contributed by atoms with Gasteiger partial charge in [0.25, 0.3) is 0 Å². The minimum atomic E-state index is -0.950. The van der Waals surface area contributed by atoms with Crippen LogP contribution in [0.2, 0.25) is 5.02 Å². The molecule has 3 aromatic heterocycles. The van der Waals surface area contributed by atoms with Gasteiger partial charge in [-0.15, -0.1) is 0 Å². The number of alkyl halides is 1. The van der Waals surface area contributed by atoms with Gasteiger partial charge in [0.15, 0.2) is 0 Å². The molecule has 0 amide bonds. The molecule has 1 aliphatic carbocycles. The molecular weight excluding hydrogens is 484 g/mol. The zero-order chi connectivity index (χ0) is 24.8. The molecule has 0 N–H and O–H groups in total. The van der Waals surface area contributed by atoms with Gasteiger partial charge in [0.1, 0.15) is 29.1 Å². The third-order valence-corrected chi connectivity index (χ3v) is 7.05. The summed E-state index contributed by atoms with van der Waals surface area (Å²) in [6, 6.07) is 9.67. The average molecular weight is 506 g/mol. The SMILES string of the molecule is Cc1nc2cnc3cc(F)c(-c4ccc(Oc5ncccn5)cc4Cl)cc3c2n1[C@H]1CCCC[C@@H]1F. The number of benzene rings is 2. The molecule has 5 aromatic rings. The van der Waals surface area contributed by atoms with Crippen LogP contribution >= 0.6 is 11.6 Å². The molecule has 182 valence electrons. The second kappa shape index (κ2) is 9.09. The Bertz CT molecular complexity index is 1590. The Morgan fingerprint density at radius 3 is 2.58 bits per heavy atom. The third-order valence-electron chi connectivity index (χ3n) is 6.74. The van der Waals surface area contributed by atoms with Crippen molar-refractivity contribution in [3.8, 4) is 22.9 Å². The zero-order valence-electron chi connectivity index (χ0n) is 19.5. The van der Waals surface area contributed by atoms with Gasteiger partial charge >= 0.3 is 6.01 Å². The van der Waals surface area contributed by atoms with Gasteiger partial charge in [0.2, 0.25) is 0 Å². The number of aryl methyl sites for hydroxylation is 1. The quantitative estimate of drug-likeness (QED) is 0.255. The summed E-state index contributed by atoms with van der Waals surface area (Å²) in [6.07, 6.45) is 6.94. The van der Waals surface area contributed by atoms with E-state index in [0.29, 0.717) is 44.7 Å². The van der Waals surface area contributed by atoms with Gasteiger partial charge < -0.3 is 9.30 Å². The minimum Gasteiger partial charge on any atom is -0.424 e. The van der Waals surface area contributed by atoms with E-state index in [1.807, 2.05) is 11.5 Å². The zero-order valence-corrected chi connectivity index (χ0v) is 20.2. The minimum absolute atomic E-state index is 0.184. The molecule has 2 atom stereocenters. The Labute approximate surface area is 211 Å². The summed E-state index contributed by atoms with van der Waals surface area (Å²) in [5.74, 6) is 0.697. The van der Waals surface area contributed by atoms with Crippen molar-refractivity contribution in [2.24, 2.45) is 0 Å². The smallest absolute Gasteiger partial charge is 0.321 e. The van der Waals surface area contributed by atoms with Crippen LogP contribution in [-0.4, -0.2) is 30.7 Å². The number of aromatic nitrogens is 5. The first-order valence-electron chi connectivity index (χ1n) is 11.9. The molecule has 3 heterocycles. The lowest BCUT2D eigenvalue weighted by molar-refractivity contribution is 0.171. The van der Waals surface area contributed by atoms with Crippen LogP contribution < -0.4 is 4.74 Å². The number of pyridine rings is 1. The van der Waals surface area contributed by atoms with E-state index in [1.54, 1.807) is 48.9 Å². The fourth-order valence-corrected chi connectivity index (χ4v) is 5.38. The maximum Gasteiger partial charge on any atom is 0.321 e. The number of halogens is 3. The van der Waals surface area contributed by atoms with Crippen molar-refractivity contribution in [2.45, 2.75) is 44.8 Å². The summed E-state index contributed by atoms with van der Waals surface area (Å²) < 4.78 is 38.0. The van der Waals surface area contributed by atoms with Gasteiger partial charge in [0.05, 0.1) is 28.3 Å². The van der Waals surface area contributed by atoms with Gasteiger partial charge in [-0.2, -0.15) is 0 Å². The number of hydrogen-bond donors (Lipinski definition) is 0. The average Bonchev–Trinajstić information content (AvgIpc) is 3.21. The van der Waals surface area contributed by atoms with Gasteiger partial charge in [-0.1, -0.05) is 24.4 Å². The lowest BCUT2D eigenvalue weighted by atomic mass is 9.93. The molecule has 0 bridgehead atoms. The van der Waals surface area contributed by atoms with Crippen molar-refractivity contribution in [1.82, 2.24) is 24.5 Å². The van der Waals surface area contributed by atoms with Crippen LogP contribution in [0.3, 0.4) is 0 Å². The largest absolute Gasteiger partial charge is 0.424 e. The van der Waals surface area contributed by atoms with Crippen LogP contribution in [0.5, 0.6) is 11.8 Å². The Morgan fingerprint density at radius 1 is 1.00 bits per heavy atom. The number of rotatable bonds is 4. The number of ether oxygens (including phenoxy) is 1. The normalized spacial score (nSPS) is 18.1. The standard InChI is InChI=1S/C27H22ClF2N5O/c1-15-34-24-14-33-23-13-22(30)18(12-19(23)26(24)35(15)25-6-3-2-5-21(25)29)17-8-7-16(11-20(17)28)36-27-31-9-4-10-32-27/h4,7-14,21,25H,2-3,5-6H2,1H3/t21-,25-/m0/s1. The van der Waals surface area contributed by atoms with E-state index in [4.69, 9.17) is 16.3 Å². The highest BCUT2D eigenvalue weighted by Gasteiger charge is 2.29. The Hall–Kier alpha value is -3.65. The van der Waals surface area contributed by atoms with Crippen LogP contribution in [0.15, 0.2) is 55.0 Å². The predicted octanol–water partition coefficient (Wildman–Crippen LogP) is 7.39. The first-order valence-corrected chi connectivity index (χ1v) is 12.2. The molecule has 6 rings (SSSR count). The molecule has 1 fully saturated rings. The molecule has 0 spiro atoms. The number of nitrogens with zero attached hydrogens (tertiary/aromatic N) is 5. The van der Waals surface area contributed by atoms with Gasteiger partial charge in [-0.25, -0.2) is 23.7 Å². The van der Waals surface area contributed by atoms with Crippen molar-refractivity contribution >= 4 is 33.5 Å². The van der Waals surface area contributed by atoms with Gasteiger partial charge in [0, 0.05) is 41.0 Å². The first kappa shape index (κ1) is 22.8. The van der Waals surface area contributed by atoms with Crippen molar-refractivity contribution in [3.05, 3.63) is 71.7 Å². The molecule has 0 saturated heterocycles. The molecule has 6 nitrogen and oxygen atoms in total. The Kier molecular flexibility index (Phi) is 5.76. The highest BCUT2D eigenvalue weighted by molar-refractivity contribution is 6.33. The van der Waals surface area contributed by atoms with Crippen molar-refractivity contribution < 1.29 is 13.5 Å². The Balaban J connectivity index is 1.48.